The van der Waals surface area contributed by atoms with Crippen LogP contribution in [0.1, 0.15) is 58.6 Å². The highest BCUT2D eigenvalue weighted by molar-refractivity contribution is 5.43. The summed E-state index contributed by atoms with van der Waals surface area (Å²) in [7, 11) is 0. The Morgan fingerprint density at radius 2 is 2.15 bits per heavy atom. The van der Waals surface area contributed by atoms with Crippen molar-refractivity contribution in [3.8, 4) is 0 Å². The third kappa shape index (κ3) is 4.36. The quantitative estimate of drug-likeness (QED) is 0.854. The third-order valence-electron chi connectivity index (χ3n) is 3.94. The molecule has 4 nitrogen and oxygen atoms in total. The largest absolute Gasteiger partial charge is 0.367 e. The molecule has 2 rings (SSSR count). The van der Waals surface area contributed by atoms with Gasteiger partial charge in [-0.15, -0.1) is 0 Å². The fourth-order valence-electron chi connectivity index (χ4n) is 2.99. The average molecular weight is 276 g/mol. The van der Waals surface area contributed by atoms with Crippen LogP contribution in [0.25, 0.3) is 0 Å². The second kappa shape index (κ2) is 6.42. The molecule has 0 amide bonds. The standard InChI is InChI=1S/C16H28N4/c1-5-9-17-15-18-12(2)10-14(20-15)19-13-7-6-8-16(3,4)11-13/h10,13H,5-9,11H2,1-4H3,(H2,17,18,19,20). The Kier molecular flexibility index (Phi) is 4.84. The summed E-state index contributed by atoms with van der Waals surface area (Å²) in [6.45, 7) is 9.81. The number of nitrogens with one attached hydrogen (secondary N) is 2. The van der Waals surface area contributed by atoms with Crippen LogP contribution in [0.15, 0.2) is 6.07 Å². The molecule has 0 aromatic carbocycles. The van der Waals surface area contributed by atoms with Crippen LogP contribution in [0.4, 0.5) is 11.8 Å². The lowest BCUT2D eigenvalue weighted by atomic mass is 9.75. The third-order valence-corrected chi connectivity index (χ3v) is 3.94. The maximum atomic E-state index is 4.58. The summed E-state index contributed by atoms with van der Waals surface area (Å²) >= 11 is 0. The molecule has 20 heavy (non-hydrogen) atoms. The first-order valence-electron chi connectivity index (χ1n) is 7.84. The van der Waals surface area contributed by atoms with Crippen molar-refractivity contribution in [3.05, 3.63) is 11.8 Å². The average Bonchev–Trinajstić information content (AvgIpc) is 2.34. The van der Waals surface area contributed by atoms with Gasteiger partial charge in [0, 0.05) is 24.3 Å². The van der Waals surface area contributed by atoms with Gasteiger partial charge in [-0.05, 0) is 38.0 Å². The minimum atomic E-state index is 0.446. The maximum Gasteiger partial charge on any atom is 0.224 e. The first-order valence-corrected chi connectivity index (χ1v) is 7.84. The van der Waals surface area contributed by atoms with Crippen LogP contribution in [0.3, 0.4) is 0 Å². The first-order chi connectivity index (χ1) is 9.48. The van der Waals surface area contributed by atoms with E-state index in [-0.39, 0.29) is 0 Å². The van der Waals surface area contributed by atoms with E-state index in [0.717, 1.165) is 30.4 Å². The van der Waals surface area contributed by atoms with E-state index >= 15 is 0 Å². The lowest BCUT2D eigenvalue weighted by molar-refractivity contribution is 0.229. The highest BCUT2D eigenvalue weighted by Gasteiger charge is 2.28. The molecular weight excluding hydrogens is 248 g/mol. The summed E-state index contributed by atoms with van der Waals surface area (Å²) in [5.41, 5.74) is 1.46. The molecule has 0 radical (unpaired) electrons. The SMILES string of the molecule is CCCNc1nc(C)cc(NC2CCCC(C)(C)C2)n1. The number of aromatic nitrogens is 2. The Morgan fingerprint density at radius 3 is 2.85 bits per heavy atom. The molecule has 1 aliphatic rings. The molecule has 1 heterocycles. The highest BCUT2D eigenvalue weighted by Crippen LogP contribution is 2.36. The smallest absolute Gasteiger partial charge is 0.224 e. The van der Waals surface area contributed by atoms with E-state index in [1.54, 1.807) is 0 Å². The van der Waals surface area contributed by atoms with Gasteiger partial charge in [0.15, 0.2) is 0 Å². The number of rotatable bonds is 5. The van der Waals surface area contributed by atoms with Gasteiger partial charge in [-0.2, -0.15) is 4.98 Å². The van der Waals surface area contributed by atoms with Crippen LogP contribution < -0.4 is 10.6 Å². The summed E-state index contributed by atoms with van der Waals surface area (Å²) in [4.78, 5) is 9.01. The van der Waals surface area contributed by atoms with E-state index in [9.17, 15) is 0 Å². The molecule has 1 saturated carbocycles. The van der Waals surface area contributed by atoms with Gasteiger partial charge in [0.2, 0.25) is 5.95 Å². The number of aryl methyl sites for hydroxylation is 1. The summed E-state index contributed by atoms with van der Waals surface area (Å²) < 4.78 is 0. The van der Waals surface area contributed by atoms with Crippen LogP contribution in [-0.4, -0.2) is 22.6 Å². The van der Waals surface area contributed by atoms with Crippen LogP contribution in [0.2, 0.25) is 0 Å². The zero-order valence-electron chi connectivity index (χ0n) is 13.3. The van der Waals surface area contributed by atoms with Crippen molar-refractivity contribution in [1.82, 2.24) is 9.97 Å². The molecule has 1 aromatic heterocycles. The van der Waals surface area contributed by atoms with Gasteiger partial charge in [0.1, 0.15) is 5.82 Å². The lowest BCUT2D eigenvalue weighted by Crippen LogP contribution is -2.32. The minimum Gasteiger partial charge on any atom is -0.367 e. The van der Waals surface area contributed by atoms with Crippen molar-refractivity contribution < 1.29 is 0 Å². The number of anilines is 2. The normalized spacial score (nSPS) is 21.5. The van der Waals surface area contributed by atoms with Gasteiger partial charge < -0.3 is 10.6 Å². The first kappa shape index (κ1) is 15.1. The van der Waals surface area contributed by atoms with Crippen molar-refractivity contribution in [3.63, 3.8) is 0 Å². The monoisotopic (exact) mass is 276 g/mol. The van der Waals surface area contributed by atoms with E-state index in [2.05, 4.69) is 41.4 Å². The molecule has 1 aromatic rings. The summed E-state index contributed by atoms with van der Waals surface area (Å²) in [6.07, 6.45) is 6.17. The van der Waals surface area contributed by atoms with Gasteiger partial charge in [-0.1, -0.05) is 27.2 Å². The second-order valence-corrected chi connectivity index (χ2v) is 6.75. The zero-order chi connectivity index (χ0) is 14.6. The molecule has 0 spiro atoms. The molecule has 0 saturated heterocycles. The molecule has 1 atom stereocenters. The topological polar surface area (TPSA) is 49.8 Å². The Bertz CT molecular complexity index is 442. The van der Waals surface area contributed by atoms with Crippen LogP contribution >= 0.6 is 0 Å². The molecule has 0 aliphatic heterocycles. The molecule has 0 bridgehead atoms. The number of hydrogen-bond acceptors (Lipinski definition) is 4. The predicted octanol–water partition coefficient (Wildman–Crippen LogP) is 3.99. The number of hydrogen-bond donors (Lipinski definition) is 2. The fraction of sp³-hybridized carbons (Fsp3) is 0.750. The van der Waals surface area contributed by atoms with E-state index in [4.69, 9.17) is 0 Å². The van der Waals surface area contributed by atoms with Gasteiger partial charge >= 0.3 is 0 Å². The molecule has 1 aliphatic carbocycles. The Labute approximate surface area is 122 Å². The predicted molar refractivity (Wildman–Crippen MR) is 85.2 cm³/mol. The molecular formula is C16H28N4. The summed E-state index contributed by atoms with van der Waals surface area (Å²) in [5, 5.41) is 6.87. The summed E-state index contributed by atoms with van der Waals surface area (Å²) in [6, 6.07) is 2.57. The van der Waals surface area contributed by atoms with E-state index in [1.807, 2.05) is 13.0 Å². The van der Waals surface area contributed by atoms with Crippen molar-refractivity contribution in [2.75, 3.05) is 17.2 Å². The fourth-order valence-corrected chi connectivity index (χ4v) is 2.99. The van der Waals surface area contributed by atoms with Gasteiger partial charge in [0.05, 0.1) is 0 Å². The highest BCUT2D eigenvalue weighted by atomic mass is 15.1. The van der Waals surface area contributed by atoms with Crippen LogP contribution in [0.5, 0.6) is 0 Å². The minimum absolute atomic E-state index is 0.446. The van der Waals surface area contributed by atoms with E-state index in [1.165, 1.54) is 25.7 Å². The molecule has 112 valence electrons. The van der Waals surface area contributed by atoms with Gasteiger partial charge in [-0.25, -0.2) is 4.98 Å². The van der Waals surface area contributed by atoms with Gasteiger partial charge in [-0.3, -0.25) is 0 Å². The van der Waals surface area contributed by atoms with Crippen molar-refractivity contribution in [2.24, 2.45) is 5.41 Å². The van der Waals surface area contributed by atoms with Crippen molar-refractivity contribution in [2.45, 2.75) is 65.8 Å². The van der Waals surface area contributed by atoms with E-state index in [0.29, 0.717) is 11.5 Å². The Morgan fingerprint density at radius 1 is 1.35 bits per heavy atom. The molecule has 2 N–H and O–H groups in total. The van der Waals surface area contributed by atoms with Crippen LogP contribution in [-0.2, 0) is 0 Å². The van der Waals surface area contributed by atoms with Crippen LogP contribution in [0, 0.1) is 12.3 Å². The maximum absolute atomic E-state index is 4.58. The zero-order valence-corrected chi connectivity index (χ0v) is 13.3. The Hall–Kier alpha value is -1.32. The van der Waals surface area contributed by atoms with Gasteiger partial charge in [0.25, 0.3) is 0 Å². The Balaban J connectivity index is 2.03. The number of nitrogens with zero attached hydrogens (tertiary/aromatic N) is 2. The van der Waals surface area contributed by atoms with E-state index < -0.39 is 0 Å². The van der Waals surface area contributed by atoms with Crippen molar-refractivity contribution in [1.29, 1.82) is 0 Å². The second-order valence-electron chi connectivity index (χ2n) is 6.75. The lowest BCUT2D eigenvalue weighted by Gasteiger charge is -2.35. The molecule has 1 fully saturated rings. The van der Waals surface area contributed by atoms with Crippen molar-refractivity contribution >= 4 is 11.8 Å². The molecule has 4 heteroatoms. The molecule has 1 unspecified atom stereocenters. The summed E-state index contributed by atoms with van der Waals surface area (Å²) in [5.74, 6) is 1.70.